The predicted molar refractivity (Wildman–Crippen MR) is 73.6 cm³/mol. The topological polar surface area (TPSA) is 55.6 Å². The van der Waals surface area contributed by atoms with Crippen molar-refractivity contribution < 1.29 is 0 Å². The Morgan fingerprint density at radius 1 is 1.42 bits per heavy atom. The molecule has 1 atom stereocenters. The number of aromatic nitrogens is 4. The van der Waals surface area contributed by atoms with Crippen LogP contribution in [0.4, 0.5) is 0 Å². The van der Waals surface area contributed by atoms with Crippen molar-refractivity contribution in [2.45, 2.75) is 26.3 Å². The largest absolute Gasteiger partial charge is 0.316 e. The molecule has 1 fully saturated rings. The highest BCUT2D eigenvalue weighted by molar-refractivity contribution is 5.52. The van der Waals surface area contributed by atoms with E-state index in [1.807, 2.05) is 29.3 Å². The Bertz CT molecular complexity index is 542. The zero-order valence-electron chi connectivity index (χ0n) is 11.2. The average Bonchev–Trinajstić information content (AvgIpc) is 3.09. The number of nitrogens with one attached hydrogen (secondary N) is 1. The van der Waals surface area contributed by atoms with Crippen LogP contribution in [0.25, 0.3) is 11.4 Å². The van der Waals surface area contributed by atoms with Crippen LogP contribution >= 0.6 is 0 Å². The molecule has 0 amide bonds. The molecule has 0 bridgehead atoms. The van der Waals surface area contributed by atoms with Gasteiger partial charge >= 0.3 is 0 Å². The second-order valence-electron chi connectivity index (χ2n) is 4.99. The zero-order chi connectivity index (χ0) is 13.1. The zero-order valence-corrected chi connectivity index (χ0v) is 11.2. The van der Waals surface area contributed by atoms with Crippen molar-refractivity contribution in [3.05, 3.63) is 30.4 Å². The van der Waals surface area contributed by atoms with E-state index in [9.17, 15) is 0 Å². The second-order valence-corrected chi connectivity index (χ2v) is 4.99. The summed E-state index contributed by atoms with van der Waals surface area (Å²) >= 11 is 0. The SMILES string of the molecule is CCn1nccc1-c1cncc(C[C@H]2CCNC2)n1. The van der Waals surface area contributed by atoms with Gasteiger partial charge in [-0.25, -0.2) is 4.98 Å². The lowest BCUT2D eigenvalue weighted by molar-refractivity contribution is 0.570. The van der Waals surface area contributed by atoms with Gasteiger partial charge in [-0.15, -0.1) is 0 Å². The summed E-state index contributed by atoms with van der Waals surface area (Å²) in [4.78, 5) is 9.07. The van der Waals surface area contributed by atoms with Crippen molar-refractivity contribution in [3.63, 3.8) is 0 Å². The number of hydrogen-bond acceptors (Lipinski definition) is 4. The molecule has 5 nitrogen and oxygen atoms in total. The summed E-state index contributed by atoms with van der Waals surface area (Å²) in [6.07, 6.45) is 7.76. The van der Waals surface area contributed by atoms with Crippen molar-refractivity contribution in [2.24, 2.45) is 5.92 Å². The molecule has 2 aromatic rings. The summed E-state index contributed by atoms with van der Waals surface area (Å²) in [6, 6.07) is 1.99. The third-order valence-corrected chi connectivity index (χ3v) is 3.62. The Morgan fingerprint density at radius 2 is 2.37 bits per heavy atom. The standard InChI is InChI=1S/C14H19N5/c1-2-19-14(4-6-17-19)13-10-16-9-12(18-13)7-11-3-5-15-8-11/h4,6,9-11,15H,2-3,5,7-8H2,1H3/t11-/m1/s1. The number of hydrogen-bond donors (Lipinski definition) is 1. The molecular formula is C14H19N5. The van der Waals surface area contributed by atoms with Gasteiger partial charge < -0.3 is 5.32 Å². The van der Waals surface area contributed by atoms with Crippen molar-refractivity contribution in [1.29, 1.82) is 0 Å². The van der Waals surface area contributed by atoms with Gasteiger partial charge in [0.25, 0.3) is 0 Å². The highest BCUT2D eigenvalue weighted by Crippen LogP contribution is 2.18. The van der Waals surface area contributed by atoms with E-state index in [0.29, 0.717) is 5.92 Å². The molecule has 5 heteroatoms. The van der Waals surface area contributed by atoms with Crippen LogP contribution < -0.4 is 5.32 Å². The van der Waals surface area contributed by atoms with Gasteiger partial charge in [0.15, 0.2) is 0 Å². The fourth-order valence-corrected chi connectivity index (χ4v) is 2.61. The monoisotopic (exact) mass is 257 g/mol. The van der Waals surface area contributed by atoms with E-state index < -0.39 is 0 Å². The fraction of sp³-hybridized carbons (Fsp3) is 0.500. The molecule has 0 spiro atoms. The molecule has 1 saturated heterocycles. The van der Waals surface area contributed by atoms with Crippen LogP contribution in [0.1, 0.15) is 19.0 Å². The molecule has 3 rings (SSSR count). The molecule has 3 heterocycles. The first-order valence-corrected chi connectivity index (χ1v) is 6.90. The molecule has 0 aliphatic carbocycles. The number of nitrogens with zero attached hydrogens (tertiary/aromatic N) is 4. The van der Waals surface area contributed by atoms with Crippen LogP contribution in [0.15, 0.2) is 24.7 Å². The molecular weight excluding hydrogens is 238 g/mol. The Labute approximate surface area is 113 Å². The smallest absolute Gasteiger partial charge is 0.107 e. The minimum absolute atomic E-state index is 0.695. The molecule has 19 heavy (non-hydrogen) atoms. The lowest BCUT2D eigenvalue weighted by Gasteiger charge is -2.09. The van der Waals surface area contributed by atoms with E-state index in [4.69, 9.17) is 4.98 Å². The maximum absolute atomic E-state index is 4.74. The van der Waals surface area contributed by atoms with E-state index in [1.165, 1.54) is 6.42 Å². The molecule has 100 valence electrons. The van der Waals surface area contributed by atoms with E-state index in [-0.39, 0.29) is 0 Å². The summed E-state index contributed by atoms with van der Waals surface area (Å²) < 4.78 is 1.95. The lowest BCUT2D eigenvalue weighted by atomic mass is 10.0. The van der Waals surface area contributed by atoms with Crippen LogP contribution in [-0.4, -0.2) is 32.8 Å². The quantitative estimate of drug-likeness (QED) is 0.902. The van der Waals surface area contributed by atoms with E-state index in [2.05, 4.69) is 22.3 Å². The van der Waals surface area contributed by atoms with Crippen LogP contribution in [0.2, 0.25) is 0 Å². The van der Waals surface area contributed by atoms with Crippen molar-refractivity contribution in [3.8, 4) is 11.4 Å². The molecule has 0 radical (unpaired) electrons. The Kier molecular flexibility index (Phi) is 3.55. The van der Waals surface area contributed by atoms with Crippen molar-refractivity contribution in [1.82, 2.24) is 25.1 Å². The Balaban J connectivity index is 1.83. The van der Waals surface area contributed by atoms with E-state index in [1.54, 1.807) is 0 Å². The highest BCUT2D eigenvalue weighted by Gasteiger charge is 2.16. The van der Waals surface area contributed by atoms with Crippen LogP contribution in [-0.2, 0) is 13.0 Å². The summed E-state index contributed by atoms with van der Waals surface area (Å²) in [5, 5.41) is 7.67. The first-order chi connectivity index (χ1) is 9.36. The van der Waals surface area contributed by atoms with Crippen LogP contribution in [0, 0.1) is 5.92 Å². The third kappa shape index (κ3) is 2.66. The normalized spacial score (nSPS) is 18.9. The van der Waals surface area contributed by atoms with Gasteiger partial charge in [0.1, 0.15) is 5.69 Å². The Morgan fingerprint density at radius 3 is 3.16 bits per heavy atom. The van der Waals surface area contributed by atoms with Crippen LogP contribution in [0.5, 0.6) is 0 Å². The van der Waals surface area contributed by atoms with Gasteiger partial charge in [0.2, 0.25) is 0 Å². The van der Waals surface area contributed by atoms with Gasteiger partial charge in [0, 0.05) is 18.9 Å². The van der Waals surface area contributed by atoms with Gasteiger partial charge in [-0.05, 0) is 44.8 Å². The molecule has 1 N–H and O–H groups in total. The third-order valence-electron chi connectivity index (χ3n) is 3.62. The van der Waals surface area contributed by atoms with Gasteiger partial charge in [-0.3, -0.25) is 9.67 Å². The molecule has 1 aliphatic heterocycles. The minimum Gasteiger partial charge on any atom is -0.316 e. The average molecular weight is 257 g/mol. The maximum Gasteiger partial charge on any atom is 0.107 e. The highest BCUT2D eigenvalue weighted by atomic mass is 15.3. The Hall–Kier alpha value is -1.75. The van der Waals surface area contributed by atoms with Gasteiger partial charge in [-0.1, -0.05) is 0 Å². The van der Waals surface area contributed by atoms with Gasteiger partial charge in [0.05, 0.1) is 17.6 Å². The van der Waals surface area contributed by atoms with E-state index >= 15 is 0 Å². The summed E-state index contributed by atoms with van der Waals surface area (Å²) in [5.74, 6) is 0.695. The predicted octanol–water partition coefficient (Wildman–Crippen LogP) is 1.51. The minimum atomic E-state index is 0.695. The molecule has 0 saturated carbocycles. The molecule has 1 aliphatic rings. The summed E-state index contributed by atoms with van der Waals surface area (Å²) in [6.45, 7) is 5.15. The van der Waals surface area contributed by atoms with E-state index in [0.717, 1.165) is 43.1 Å². The number of aryl methyl sites for hydroxylation is 1. The lowest BCUT2D eigenvalue weighted by Crippen LogP contribution is -2.12. The molecule has 2 aromatic heterocycles. The van der Waals surface area contributed by atoms with Crippen molar-refractivity contribution >= 4 is 0 Å². The van der Waals surface area contributed by atoms with Crippen LogP contribution in [0.3, 0.4) is 0 Å². The first-order valence-electron chi connectivity index (χ1n) is 6.90. The summed E-state index contributed by atoms with van der Waals surface area (Å²) in [5.41, 5.74) is 3.04. The molecule has 0 unspecified atom stereocenters. The molecule has 0 aromatic carbocycles. The summed E-state index contributed by atoms with van der Waals surface area (Å²) in [7, 11) is 0. The first kappa shape index (κ1) is 12.3. The second kappa shape index (κ2) is 5.48. The van der Waals surface area contributed by atoms with Crippen molar-refractivity contribution in [2.75, 3.05) is 13.1 Å². The maximum atomic E-state index is 4.74. The number of rotatable bonds is 4. The van der Waals surface area contributed by atoms with Gasteiger partial charge in [-0.2, -0.15) is 5.10 Å². The fourth-order valence-electron chi connectivity index (χ4n) is 2.61.